The SMILES string of the molecule is COCCCNCCOc1ccc(C)nc1. The molecule has 90 valence electrons. The molecule has 1 rings (SSSR count). The fraction of sp³-hybridized carbons (Fsp3) is 0.583. The molecule has 4 nitrogen and oxygen atoms in total. The van der Waals surface area contributed by atoms with Gasteiger partial charge in [-0.25, -0.2) is 0 Å². The van der Waals surface area contributed by atoms with E-state index in [9.17, 15) is 0 Å². The Kier molecular flexibility index (Phi) is 6.53. The smallest absolute Gasteiger partial charge is 0.137 e. The topological polar surface area (TPSA) is 43.4 Å². The molecule has 0 unspecified atom stereocenters. The largest absolute Gasteiger partial charge is 0.491 e. The van der Waals surface area contributed by atoms with E-state index in [2.05, 4.69) is 10.3 Å². The van der Waals surface area contributed by atoms with Crippen molar-refractivity contribution in [2.75, 3.05) is 33.4 Å². The summed E-state index contributed by atoms with van der Waals surface area (Å²) in [7, 11) is 1.72. The van der Waals surface area contributed by atoms with Crippen molar-refractivity contribution in [3.8, 4) is 5.75 Å². The standard InChI is InChI=1S/C12H20N2O2/c1-11-4-5-12(10-14-11)16-9-7-13-6-3-8-15-2/h4-5,10,13H,3,6-9H2,1-2H3. The molecule has 4 heteroatoms. The molecule has 0 aliphatic rings. The highest BCUT2D eigenvalue weighted by molar-refractivity contribution is 5.18. The van der Waals surface area contributed by atoms with E-state index in [1.54, 1.807) is 13.3 Å². The maximum Gasteiger partial charge on any atom is 0.137 e. The molecule has 0 aromatic carbocycles. The van der Waals surface area contributed by atoms with Crippen molar-refractivity contribution in [3.05, 3.63) is 24.0 Å². The van der Waals surface area contributed by atoms with Crippen LogP contribution < -0.4 is 10.1 Å². The Morgan fingerprint density at radius 1 is 1.25 bits per heavy atom. The van der Waals surface area contributed by atoms with Crippen LogP contribution in [0.5, 0.6) is 5.75 Å². The van der Waals surface area contributed by atoms with Gasteiger partial charge in [0.25, 0.3) is 0 Å². The van der Waals surface area contributed by atoms with E-state index in [-0.39, 0.29) is 0 Å². The number of pyridine rings is 1. The van der Waals surface area contributed by atoms with Crippen LogP contribution in [0, 0.1) is 6.92 Å². The lowest BCUT2D eigenvalue weighted by molar-refractivity contribution is 0.193. The number of aromatic nitrogens is 1. The Bertz CT molecular complexity index is 275. The molecule has 1 heterocycles. The summed E-state index contributed by atoms with van der Waals surface area (Å²) in [6.45, 7) is 5.23. The number of hydrogen-bond acceptors (Lipinski definition) is 4. The molecule has 0 amide bonds. The van der Waals surface area contributed by atoms with Gasteiger partial charge < -0.3 is 14.8 Å². The van der Waals surface area contributed by atoms with Crippen molar-refractivity contribution >= 4 is 0 Å². The number of ether oxygens (including phenoxy) is 2. The summed E-state index contributed by atoms with van der Waals surface area (Å²) < 4.78 is 10.5. The second kappa shape index (κ2) is 8.07. The van der Waals surface area contributed by atoms with E-state index in [1.807, 2.05) is 19.1 Å². The molecule has 0 aliphatic carbocycles. The number of nitrogens with one attached hydrogen (secondary N) is 1. The number of rotatable bonds is 8. The van der Waals surface area contributed by atoms with Crippen molar-refractivity contribution in [1.29, 1.82) is 0 Å². The first-order valence-electron chi connectivity index (χ1n) is 5.58. The summed E-state index contributed by atoms with van der Waals surface area (Å²) in [5.41, 5.74) is 1.00. The summed E-state index contributed by atoms with van der Waals surface area (Å²) in [6.07, 6.45) is 2.78. The van der Waals surface area contributed by atoms with Crippen LogP contribution in [0.25, 0.3) is 0 Å². The summed E-state index contributed by atoms with van der Waals surface area (Å²) in [5, 5.41) is 3.28. The molecule has 16 heavy (non-hydrogen) atoms. The van der Waals surface area contributed by atoms with E-state index in [4.69, 9.17) is 9.47 Å². The van der Waals surface area contributed by atoms with Gasteiger partial charge in [-0.15, -0.1) is 0 Å². The minimum Gasteiger partial charge on any atom is -0.491 e. The summed E-state index contributed by atoms with van der Waals surface area (Å²) in [5.74, 6) is 0.823. The van der Waals surface area contributed by atoms with Crippen LogP contribution in [0.15, 0.2) is 18.3 Å². The highest BCUT2D eigenvalue weighted by atomic mass is 16.5. The normalized spacial score (nSPS) is 10.4. The Labute approximate surface area is 97.0 Å². The van der Waals surface area contributed by atoms with Crippen molar-refractivity contribution in [2.45, 2.75) is 13.3 Å². The lowest BCUT2D eigenvalue weighted by Gasteiger charge is -2.07. The number of nitrogens with zero attached hydrogens (tertiary/aromatic N) is 1. The molecule has 0 spiro atoms. The van der Waals surface area contributed by atoms with Crippen LogP contribution in [0.1, 0.15) is 12.1 Å². The monoisotopic (exact) mass is 224 g/mol. The van der Waals surface area contributed by atoms with Crippen molar-refractivity contribution in [3.63, 3.8) is 0 Å². The van der Waals surface area contributed by atoms with Gasteiger partial charge in [-0.1, -0.05) is 0 Å². The van der Waals surface area contributed by atoms with Crippen molar-refractivity contribution in [2.24, 2.45) is 0 Å². The lowest BCUT2D eigenvalue weighted by Crippen LogP contribution is -2.22. The maximum absolute atomic E-state index is 5.51. The third kappa shape index (κ3) is 5.68. The Hall–Kier alpha value is -1.13. The zero-order chi connectivity index (χ0) is 11.6. The van der Waals surface area contributed by atoms with Crippen LogP contribution in [-0.2, 0) is 4.74 Å². The third-order valence-corrected chi connectivity index (χ3v) is 2.13. The first-order valence-corrected chi connectivity index (χ1v) is 5.58. The summed E-state index contributed by atoms with van der Waals surface area (Å²) in [6, 6.07) is 3.88. The van der Waals surface area contributed by atoms with Gasteiger partial charge in [0.2, 0.25) is 0 Å². The predicted octanol–water partition coefficient (Wildman–Crippen LogP) is 1.39. The number of hydrogen-bond donors (Lipinski definition) is 1. The van der Waals surface area contributed by atoms with Crippen LogP contribution in [-0.4, -0.2) is 38.4 Å². The van der Waals surface area contributed by atoms with E-state index >= 15 is 0 Å². The van der Waals surface area contributed by atoms with E-state index in [0.717, 1.165) is 37.6 Å². The average Bonchev–Trinajstić information content (AvgIpc) is 2.30. The second-order valence-corrected chi connectivity index (χ2v) is 3.58. The molecule has 1 N–H and O–H groups in total. The van der Waals surface area contributed by atoms with Crippen LogP contribution >= 0.6 is 0 Å². The zero-order valence-corrected chi connectivity index (χ0v) is 10.0. The molecule has 0 radical (unpaired) electrons. The molecular formula is C12H20N2O2. The van der Waals surface area contributed by atoms with Gasteiger partial charge in [-0.2, -0.15) is 0 Å². The van der Waals surface area contributed by atoms with Gasteiger partial charge in [-0.05, 0) is 32.0 Å². The average molecular weight is 224 g/mol. The lowest BCUT2D eigenvalue weighted by atomic mass is 10.4. The van der Waals surface area contributed by atoms with Gasteiger partial charge >= 0.3 is 0 Å². The fourth-order valence-electron chi connectivity index (χ4n) is 1.25. The van der Waals surface area contributed by atoms with Crippen LogP contribution in [0.3, 0.4) is 0 Å². The van der Waals surface area contributed by atoms with Crippen LogP contribution in [0.4, 0.5) is 0 Å². The van der Waals surface area contributed by atoms with E-state index in [1.165, 1.54) is 0 Å². The molecule has 0 fully saturated rings. The fourth-order valence-corrected chi connectivity index (χ4v) is 1.25. The molecule has 1 aromatic rings. The molecule has 0 bridgehead atoms. The second-order valence-electron chi connectivity index (χ2n) is 3.58. The molecule has 0 saturated carbocycles. The first-order chi connectivity index (χ1) is 7.83. The van der Waals surface area contributed by atoms with Crippen molar-refractivity contribution < 1.29 is 9.47 Å². The first kappa shape index (κ1) is 12.9. The van der Waals surface area contributed by atoms with Gasteiger partial charge in [0.15, 0.2) is 0 Å². The minimum absolute atomic E-state index is 0.664. The van der Waals surface area contributed by atoms with Gasteiger partial charge in [0.05, 0.1) is 6.20 Å². The predicted molar refractivity (Wildman–Crippen MR) is 63.8 cm³/mol. The molecule has 0 aliphatic heterocycles. The van der Waals surface area contributed by atoms with Crippen LogP contribution in [0.2, 0.25) is 0 Å². The van der Waals surface area contributed by atoms with Gasteiger partial charge in [-0.3, -0.25) is 4.98 Å². The summed E-state index contributed by atoms with van der Waals surface area (Å²) >= 11 is 0. The molecule has 0 atom stereocenters. The molecule has 1 aromatic heterocycles. The molecular weight excluding hydrogens is 204 g/mol. The number of aryl methyl sites for hydroxylation is 1. The Morgan fingerprint density at radius 2 is 2.12 bits per heavy atom. The summed E-state index contributed by atoms with van der Waals surface area (Å²) in [4.78, 5) is 4.16. The molecule has 0 saturated heterocycles. The van der Waals surface area contributed by atoms with Crippen molar-refractivity contribution in [1.82, 2.24) is 10.3 Å². The highest BCUT2D eigenvalue weighted by Crippen LogP contribution is 2.07. The van der Waals surface area contributed by atoms with E-state index in [0.29, 0.717) is 6.61 Å². The van der Waals surface area contributed by atoms with Gasteiger partial charge in [0.1, 0.15) is 12.4 Å². The number of methoxy groups -OCH3 is 1. The quantitative estimate of drug-likeness (QED) is 0.678. The highest BCUT2D eigenvalue weighted by Gasteiger charge is 1.93. The Balaban J connectivity index is 2.01. The maximum atomic E-state index is 5.51. The minimum atomic E-state index is 0.664. The zero-order valence-electron chi connectivity index (χ0n) is 10.0. The van der Waals surface area contributed by atoms with Gasteiger partial charge in [0, 0.05) is 26.0 Å². The third-order valence-electron chi connectivity index (χ3n) is 2.13. The Morgan fingerprint density at radius 3 is 2.81 bits per heavy atom. The van der Waals surface area contributed by atoms with E-state index < -0.39 is 0 Å².